The number of benzene rings is 6. The highest BCUT2D eigenvalue weighted by Crippen LogP contribution is 2.54. The quantitative estimate of drug-likeness (QED) is 0.183. The summed E-state index contributed by atoms with van der Waals surface area (Å²) in [6, 6.07) is 51.6. The summed E-state index contributed by atoms with van der Waals surface area (Å²) in [5, 5.41) is 0. The molecule has 6 aromatic carbocycles. The molecule has 2 aliphatic rings. The van der Waals surface area contributed by atoms with Crippen molar-refractivity contribution in [1.82, 2.24) is 13.7 Å². The Kier molecular flexibility index (Phi) is 6.79. The van der Waals surface area contributed by atoms with E-state index in [1.807, 2.05) is 6.20 Å². The van der Waals surface area contributed by atoms with Gasteiger partial charge < -0.3 is 9.80 Å². The summed E-state index contributed by atoms with van der Waals surface area (Å²) in [7, 11) is 0. The molecular weight excluding hydrogens is 659 g/mol. The van der Waals surface area contributed by atoms with Crippen LogP contribution in [0.1, 0.15) is 0 Å². The molecule has 0 radical (unpaired) electrons. The molecule has 232 valence electrons. The van der Waals surface area contributed by atoms with Gasteiger partial charge in [-0.05, 0) is 78.4 Å². The number of anilines is 6. The molecule has 0 saturated carbocycles. The van der Waals surface area contributed by atoms with Crippen LogP contribution in [0.15, 0.2) is 171 Å². The highest BCUT2D eigenvalue weighted by Gasteiger charge is 2.27. The van der Waals surface area contributed by atoms with Crippen LogP contribution in [0, 0.1) is 0 Å². The van der Waals surface area contributed by atoms with E-state index in [2.05, 4.69) is 155 Å². The van der Waals surface area contributed by atoms with Gasteiger partial charge in [-0.25, -0.2) is 0 Å². The van der Waals surface area contributed by atoms with E-state index in [-0.39, 0.29) is 0 Å². The second-order valence-electron chi connectivity index (χ2n) is 11.8. The zero-order valence-corrected chi connectivity index (χ0v) is 28.3. The van der Waals surface area contributed by atoms with Crippen molar-refractivity contribution >= 4 is 80.4 Å². The van der Waals surface area contributed by atoms with Crippen molar-refractivity contribution in [3.8, 4) is 22.4 Å². The van der Waals surface area contributed by atoms with Crippen molar-refractivity contribution in [2.24, 2.45) is 0 Å². The van der Waals surface area contributed by atoms with E-state index >= 15 is 0 Å². The van der Waals surface area contributed by atoms with Crippen molar-refractivity contribution in [3.63, 3.8) is 0 Å². The van der Waals surface area contributed by atoms with E-state index in [9.17, 15) is 0 Å². The monoisotopic (exact) mass is 683 g/mol. The van der Waals surface area contributed by atoms with Gasteiger partial charge in [-0.15, -0.1) is 0 Å². The summed E-state index contributed by atoms with van der Waals surface area (Å²) < 4.78 is 9.62. The first-order chi connectivity index (χ1) is 24.3. The molecule has 0 fully saturated rings. The van der Waals surface area contributed by atoms with Gasteiger partial charge in [0.2, 0.25) is 0 Å². The molecule has 0 bridgehead atoms. The van der Waals surface area contributed by atoms with Crippen LogP contribution in [0.25, 0.3) is 33.4 Å². The van der Waals surface area contributed by atoms with Gasteiger partial charge >= 0.3 is 0 Å². The van der Waals surface area contributed by atoms with Gasteiger partial charge in [0.25, 0.3) is 0 Å². The second-order valence-corrected chi connectivity index (χ2v) is 14.5. The van der Waals surface area contributed by atoms with Crippen LogP contribution in [0.2, 0.25) is 0 Å². The number of hydrogen-bond donors (Lipinski definition) is 0. The van der Waals surface area contributed by atoms with E-state index in [1.165, 1.54) is 42.7 Å². The maximum absolute atomic E-state index is 5.07. The van der Waals surface area contributed by atoms with Crippen molar-refractivity contribution in [3.05, 3.63) is 152 Å². The average Bonchev–Trinajstić information content (AvgIpc) is 3.66. The maximum Gasteiger partial charge on any atom is 0.131 e. The molecule has 8 aromatic rings. The lowest BCUT2D eigenvalue weighted by Crippen LogP contribution is -2.14. The molecular formula is C41H25N5S3. The van der Waals surface area contributed by atoms with Gasteiger partial charge in [-0.3, -0.25) is 4.98 Å². The Morgan fingerprint density at radius 1 is 0.429 bits per heavy atom. The van der Waals surface area contributed by atoms with E-state index < -0.39 is 0 Å². The second kappa shape index (κ2) is 11.6. The van der Waals surface area contributed by atoms with Crippen LogP contribution in [0.3, 0.4) is 0 Å². The summed E-state index contributed by atoms with van der Waals surface area (Å²) in [5.74, 6) is 0. The fraction of sp³-hybridized carbons (Fsp3) is 0. The summed E-state index contributed by atoms with van der Waals surface area (Å²) >= 11 is 4.83. The molecule has 5 nitrogen and oxygen atoms in total. The molecule has 2 aromatic heterocycles. The van der Waals surface area contributed by atoms with E-state index in [0.717, 1.165) is 56.2 Å². The zero-order valence-electron chi connectivity index (χ0n) is 25.9. The Balaban J connectivity index is 1.05. The highest BCUT2D eigenvalue weighted by molar-refractivity contribution is 8.00. The number of hydrogen-bond acceptors (Lipinski definition) is 8. The largest absolute Gasteiger partial charge is 0.308 e. The smallest absolute Gasteiger partial charge is 0.131 e. The van der Waals surface area contributed by atoms with Gasteiger partial charge in [0.15, 0.2) is 0 Å². The third-order valence-corrected chi connectivity index (χ3v) is 11.7. The molecule has 4 heterocycles. The number of para-hydroxylation sites is 4. The highest BCUT2D eigenvalue weighted by atomic mass is 32.2. The number of aromatic nitrogens is 3. The number of pyridine rings is 1. The molecule has 0 amide bonds. The minimum absolute atomic E-state index is 0.824. The van der Waals surface area contributed by atoms with Crippen LogP contribution in [0.4, 0.5) is 34.1 Å². The molecule has 0 N–H and O–H groups in total. The van der Waals surface area contributed by atoms with Crippen LogP contribution < -0.4 is 9.80 Å². The van der Waals surface area contributed by atoms with E-state index in [1.54, 1.807) is 23.5 Å². The first-order valence-corrected chi connectivity index (χ1v) is 18.3. The Hall–Kier alpha value is -5.41. The molecule has 8 heteroatoms. The number of rotatable bonds is 4. The van der Waals surface area contributed by atoms with Gasteiger partial charge in [-0.2, -0.15) is 8.75 Å². The van der Waals surface area contributed by atoms with Gasteiger partial charge in [0, 0.05) is 48.3 Å². The van der Waals surface area contributed by atoms with Crippen LogP contribution in [-0.2, 0) is 0 Å². The van der Waals surface area contributed by atoms with Crippen LogP contribution in [0.5, 0.6) is 0 Å². The SMILES string of the molecule is c1ccc(N2c3ccccc3Sc3cc(-c4cnc(-c5ccc6c(c5)Sc5ccccc5N6c5ccccc5)c5nsnc45)ccc32)cc1. The molecule has 0 saturated heterocycles. The van der Waals surface area contributed by atoms with E-state index in [0.29, 0.717) is 0 Å². The van der Waals surface area contributed by atoms with Gasteiger partial charge in [0.05, 0.1) is 40.2 Å². The van der Waals surface area contributed by atoms with Crippen molar-refractivity contribution in [1.29, 1.82) is 0 Å². The topological polar surface area (TPSA) is 45.2 Å². The van der Waals surface area contributed by atoms with Crippen molar-refractivity contribution < 1.29 is 0 Å². The fourth-order valence-electron chi connectivity index (χ4n) is 6.73. The zero-order chi connectivity index (χ0) is 32.3. The first kappa shape index (κ1) is 28.6. The number of nitrogens with zero attached hydrogens (tertiary/aromatic N) is 5. The molecule has 0 spiro atoms. The third kappa shape index (κ3) is 4.75. The summed E-state index contributed by atoms with van der Waals surface area (Å²) in [6.07, 6.45) is 1.97. The lowest BCUT2D eigenvalue weighted by molar-refractivity contribution is 1.16. The van der Waals surface area contributed by atoms with Crippen molar-refractivity contribution in [2.75, 3.05) is 9.80 Å². The Morgan fingerprint density at radius 3 is 1.53 bits per heavy atom. The Bertz CT molecular complexity index is 2360. The molecule has 0 atom stereocenters. The van der Waals surface area contributed by atoms with Gasteiger partial charge in [-0.1, -0.05) is 96.3 Å². The molecule has 0 aliphatic carbocycles. The predicted molar refractivity (Wildman–Crippen MR) is 204 cm³/mol. The van der Waals surface area contributed by atoms with E-state index in [4.69, 9.17) is 13.7 Å². The Morgan fingerprint density at radius 2 is 0.918 bits per heavy atom. The average molecular weight is 684 g/mol. The summed E-state index contributed by atoms with van der Waals surface area (Å²) in [6.45, 7) is 0. The first-order valence-electron chi connectivity index (χ1n) is 15.9. The van der Waals surface area contributed by atoms with Gasteiger partial charge in [0.1, 0.15) is 11.0 Å². The minimum atomic E-state index is 0.824. The standard InChI is InChI=1S/C41H25N5S3/c1-3-11-28(12-4-1)45-31-15-7-9-17-35(31)47-37-23-26(19-21-33(37)45)30-25-42-39(41-40(30)43-49-44-41)27-20-22-34-38(24-27)48-36-18-10-8-16-32(36)46(34)29-13-5-2-6-14-29/h1-25H. The van der Waals surface area contributed by atoms with Crippen molar-refractivity contribution in [2.45, 2.75) is 19.6 Å². The van der Waals surface area contributed by atoms with Crippen LogP contribution in [-0.4, -0.2) is 13.7 Å². The lowest BCUT2D eigenvalue weighted by atomic mass is 10.0. The normalized spacial score (nSPS) is 13.1. The van der Waals surface area contributed by atoms with Crippen LogP contribution >= 0.6 is 35.3 Å². The molecule has 0 unspecified atom stereocenters. The summed E-state index contributed by atoms with van der Waals surface area (Å²) in [4.78, 5) is 14.6. The molecule has 2 aliphatic heterocycles. The molecule has 10 rings (SSSR count). The fourth-order valence-corrected chi connectivity index (χ4v) is 9.49. The third-order valence-electron chi connectivity index (χ3n) is 8.96. The molecule has 49 heavy (non-hydrogen) atoms. The number of fused-ring (bicyclic) bond motifs is 5. The predicted octanol–water partition coefficient (Wildman–Crippen LogP) is 12.3. The Labute approximate surface area is 296 Å². The minimum Gasteiger partial charge on any atom is -0.308 e. The summed E-state index contributed by atoms with van der Waals surface area (Å²) in [5.41, 5.74) is 12.6. The maximum atomic E-state index is 5.07. The lowest BCUT2D eigenvalue weighted by Gasteiger charge is -2.33.